The lowest BCUT2D eigenvalue weighted by atomic mass is 10.0. The number of carbonyl (C=O) groups is 4. The van der Waals surface area contributed by atoms with Crippen molar-refractivity contribution in [3.05, 3.63) is 65.2 Å². The number of hydrogen-bond acceptors (Lipinski definition) is 5. The topological polar surface area (TPSA) is 92.8 Å². The summed E-state index contributed by atoms with van der Waals surface area (Å²) in [6, 6.07) is 13.8. The third-order valence-corrected chi connectivity index (χ3v) is 4.56. The summed E-state index contributed by atoms with van der Waals surface area (Å²) in [5.74, 6) is -1.40. The van der Waals surface area contributed by atoms with Gasteiger partial charge in [0.2, 0.25) is 0 Å². The Bertz CT molecular complexity index is 918. The van der Waals surface area contributed by atoms with Crippen LogP contribution in [0.3, 0.4) is 0 Å². The van der Waals surface area contributed by atoms with Crippen LogP contribution in [0, 0.1) is 0 Å². The third-order valence-electron chi connectivity index (χ3n) is 4.56. The summed E-state index contributed by atoms with van der Waals surface area (Å²) in [7, 11) is 3.31. The predicted molar refractivity (Wildman–Crippen MR) is 118 cm³/mol. The maximum Gasteiger partial charge on any atom is 0.306 e. The van der Waals surface area contributed by atoms with Crippen LogP contribution in [0.4, 0.5) is 5.69 Å². The Kier molecular flexibility index (Phi) is 8.94. The minimum Gasteiger partial charge on any atom is -0.456 e. The number of ketones is 1. The molecule has 2 aromatic rings. The molecule has 0 aromatic heterocycles. The van der Waals surface area contributed by atoms with E-state index in [1.807, 2.05) is 12.1 Å². The van der Waals surface area contributed by atoms with Gasteiger partial charge in [-0.15, -0.1) is 0 Å². The number of Topliss-reactive ketones (excluding diaryl/α,β-unsaturated/α-hetero) is 1. The van der Waals surface area contributed by atoms with E-state index in [4.69, 9.17) is 4.74 Å². The van der Waals surface area contributed by atoms with Gasteiger partial charge in [-0.25, -0.2) is 0 Å². The van der Waals surface area contributed by atoms with Crippen LogP contribution in [0.25, 0.3) is 0 Å². The van der Waals surface area contributed by atoms with Crippen LogP contribution in [0.1, 0.15) is 52.5 Å². The number of ether oxygens (including phenoxy) is 1. The molecule has 0 spiro atoms. The molecule has 0 aliphatic heterocycles. The normalized spacial score (nSPS) is 10.3. The van der Waals surface area contributed by atoms with Crippen LogP contribution >= 0.6 is 0 Å². The smallest absolute Gasteiger partial charge is 0.306 e. The van der Waals surface area contributed by atoms with Gasteiger partial charge in [0, 0.05) is 37.3 Å². The Morgan fingerprint density at radius 3 is 2.06 bits per heavy atom. The minimum absolute atomic E-state index is 0.0228. The number of nitrogens with zero attached hydrogens (tertiary/aromatic N) is 1. The molecular formula is C24H28N2O5. The van der Waals surface area contributed by atoms with Gasteiger partial charge in [-0.1, -0.05) is 37.6 Å². The van der Waals surface area contributed by atoms with Crippen LogP contribution in [-0.4, -0.2) is 49.2 Å². The molecule has 2 rings (SSSR count). The minimum atomic E-state index is -0.613. The standard InChI is InChI=1S/C24H28N2O5/c1-4-5-17-6-8-18(9-7-17)21(27)14-15-23(29)31-16-22(28)25-20-12-10-19(11-13-20)24(30)26(2)3/h6-13H,4-5,14-16H2,1-3H3,(H,25,28). The number of rotatable bonds is 10. The van der Waals surface area contributed by atoms with Crippen LogP contribution in [0.15, 0.2) is 48.5 Å². The van der Waals surface area contributed by atoms with Crippen molar-refractivity contribution in [2.24, 2.45) is 0 Å². The van der Waals surface area contributed by atoms with E-state index in [0.717, 1.165) is 12.8 Å². The van der Waals surface area contributed by atoms with E-state index in [-0.39, 0.29) is 24.5 Å². The Morgan fingerprint density at radius 1 is 0.871 bits per heavy atom. The summed E-state index contributed by atoms with van der Waals surface area (Å²) in [5.41, 5.74) is 2.71. The van der Waals surface area contributed by atoms with Gasteiger partial charge in [-0.3, -0.25) is 19.2 Å². The molecule has 0 heterocycles. The number of esters is 1. The molecule has 0 aliphatic rings. The van der Waals surface area contributed by atoms with E-state index in [1.54, 1.807) is 50.5 Å². The molecule has 0 saturated carbocycles. The first-order valence-electron chi connectivity index (χ1n) is 10.2. The van der Waals surface area contributed by atoms with Crippen molar-refractivity contribution in [1.29, 1.82) is 0 Å². The summed E-state index contributed by atoms with van der Waals surface area (Å²) in [6.45, 7) is 1.65. The Labute approximate surface area is 182 Å². The van der Waals surface area contributed by atoms with E-state index in [2.05, 4.69) is 12.2 Å². The fourth-order valence-electron chi connectivity index (χ4n) is 2.88. The lowest BCUT2D eigenvalue weighted by Gasteiger charge is -2.11. The van der Waals surface area contributed by atoms with Gasteiger partial charge in [-0.2, -0.15) is 0 Å². The number of nitrogens with one attached hydrogen (secondary N) is 1. The molecule has 0 bridgehead atoms. The van der Waals surface area contributed by atoms with Crippen molar-refractivity contribution in [2.75, 3.05) is 26.0 Å². The summed E-state index contributed by atoms with van der Waals surface area (Å²) in [4.78, 5) is 49.3. The molecule has 31 heavy (non-hydrogen) atoms. The summed E-state index contributed by atoms with van der Waals surface area (Å²) >= 11 is 0. The molecule has 0 radical (unpaired) electrons. The number of benzene rings is 2. The van der Waals surface area contributed by atoms with Gasteiger partial charge in [0.15, 0.2) is 12.4 Å². The quantitative estimate of drug-likeness (QED) is 0.466. The fraction of sp³-hybridized carbons (Fsp3) is 0.333. The van der Waals surface area contributed by atoms with E-state index in [9.17, 15) is 19.2 Å². The first kappa shape index (κ1) is 23.8. The summed E-state index contributed by atoms with van der Waals surface area (Å²) in [6.07, 6.45) is 1.93. The SMILES string of the molecule is CCCc1ccc(C(=O)CCC(=O)OCC(=O)Nc2ccc(C(=O)N(C)C)cc2)cc1. The molecule has 2 amide bonds. The maximum absolute atomic E-state index is 12.2. The predicted octanol–water partition coefficient (Wildman–Crippen LogP) is 3.49. The summed E-state index contributed by atoms with van der Waals surface area (Å²) < 4.78 is 4.94. The highest BCUT2D eigenvalue weighted by Gasteiger charge is 2.13. The number of carbonyl (C=O) groups excluding carboxylic acids is 4. The molecule has 1 N–H and O–H groups in total. The second kappa shape index (κ2) is 11.6. The average molecular weight is 424 g/mol. The van der Waals surface area contributed by atoms with Crippen molar-refractivity contribution in [3.63, 3.8) is 0 Å². The monoisotopic (exact) mass is 424 g/mol. The zero-order valence-corrected chi connectivity index (χ0v) is 18.1. The number of anilines is 1. The number of hydrogen-bond donors (Lipinski definition) is 1. The van der Waals surface area contributed by atoms with Crippen molar-refractivity contribution in [3.8, 4) is 0 Å². The Hall–Kier alpha value is -3.48. The molecule has 0 atom stereocenters. The largest absolute Gasteiger partial charge is 0.456 e. The lowest BCUT2D eigenvalue weighted by molar-refractivity contribution is -0.147. The molecule has 2 aromatic carbocycles. The Morgan fingerprint density at radius 2 is 1.48 bits per heavy atom. The van der Waals surface area contributed by atoms with Crippen LogP contribution in [0.2, 0.25) is 0 Å². The van der Waals surface area contributed by atoms with E-state index in [0.29, 0.717) is 16.8 Å². The highest BCUT2D eigenvalue weighted by molar-refractivity contribution is 5.98. The van der Waals surface area contributed by atoms with Crippen LogP contribution in [0.5, 0.6) is 0 Å². The molecule has 0 unspecified atom stereocenters. The van der Waals surface area contributed by atoms with Gasteiger partial charge in [0.1, 0.15) is 0 Å². The second-order valence-corrected chi connectivity index (χ2v) is 7.36. The van der Waals surface area contributed by atoms with Crippen molar-refractivity contribution >= 4 is 29.3 Å². The van der Waals surface area contributed by atoms with Crippen LogP contribution in [-0.2, 0) is 20.7 Å². The lowest BCUT2D eigenvalue weighted by Crippen LogP contribution is -2.22. The Balaban J connectivity index is 1.73. The fourth-order valence-corrected chi connectivity index (χ4v) is 2.88. The molecular weight excluding hydrogens is 396 g/mol. The van der Waals surface area contributed by atoms with Crippen molar-refractivity contribution < 1.29 is 23.9 Å². The van der Waals surface area contributed by atoms with E-state index in [1.165, 1.54) is 10.5 Å². The van der Waals surface area contributed by atoms with E-state index < -0.39 is 18.5 Å². The zero-order chi connectivity index (χ0) is 22.8. The maximum atomic E-state index is 12.2. The first-order valence-corrected chi connectivity index (χ1v) is 10.2. The molecule has 7 nitrogen and oxygen atoms in total. The first-order chi connectivity index (χ1) is 14.8. The second-order valence-electron chi connectivity index (χ2n) is 7.36. The van der Waals surface area contributed by atoms with Gasteiger partial charge >= 0.3 is 5.97 Å². The van der Waals surface area contributed by atoms with E-state index >= 15 is 0 Å². The third kappa shape index (κ3) is 7.70. The average Bonchev–Trinajstić information content (AvgIpc) is 2.76. The number of amides is 2. The van der Waals surface area contributed by atoms with Crippen molar-refractivity contribution in [1.82, 2.24) is 4.90 Å². The van der Waals surface area contributed by atoms with Crippen molar-refractivity contribution in [2.45, 2.75) is 32.6 Å². The molecule has 164 valence electrons. The molecule has 0 saturated heterocycles. The van der Waals surface area contributed by atoms with Gasteiger partial charge in [0.05, 0.1) is 6.42 Å². The van der Waals surface area contributed by atoms with Crippen LogP contribution < -0.4 is 5.32 Å². The zero-order valence-electron chi connectivity index (χ0n) is 18.1. The number of aryl methyl sites for hydroxylation is 1. The van der Waals surface area contributed by atoms with Gasteiger partial charge in [-0.05, 0) is 36.2 Å². The van der Waals surface area contributed by atoms with Gasteiger partial charge in [0.25, 0.3) is 11.8 Å². The molecule has 0 fully saturated rings. The highest BCUT2D eigenvalue weighted by Crippen LogP contribution is 2.12. The van der Waals surface area contributed by atoms with Gasteiger partial charge < -0.3 is 15.0 Å². The summed E-state index contributed by atoms with van der Waals surface area (Å²) in [5, 5.41) is 2.59. The molecule has 7 heteroatoms. The highest BCUT2D eigenvalue weighted by atomic mass is 16.5. The molecule has 0 aliphatic carbocycles.